The molecule has 3 aromatic rings. The molecule has 35 heavy (non-hydrogen) atoms. The van der Waals surface area contributed by atoms with E-state index in [1.807, 2.05) is 0 Å². The van der Waals surface area contributed by atoms with Crippen LogP contribution in [-0.2, 0) is 12.4 Å². The van der Waals surface area contributed by atoms with Crippen molar-refractivity contribution < 1.29 is 41.0 Å². The Balaban J connectivity index is 2.40. The van der Waals surface area contributed by atoms with Crippen LogP contribution < -0.4 is 5.32 Å². The average molecular weight is 499 g/mol. The number of halogens is 6. The molecular weight excluding hydrogens is 488 g/mol. The van der Waals surface area contributed by atoms with Gasteiger partial charge in [-0.1, -0.05) is 18.2 Å². The first-order valence-electron chi connectivity index (χ1n) is 9.32. The largest absolute Gasteiger partial charge is 0.418 e. The molecule has 1 amide bonds. The quantitative estimate of drug-likeness (QED) is 0.246. The molecule has 3 aromatic carbocycles. The highest BCUT2D eigenvalue weighted by Crippen LogP contribution is 2.48. The molecule has 3 rings (SSSR count). The molecule has 0 unspecified atom stereocenters. The number of non-ortho nitro benzene ring substituents is 1. The van der Waals surface area contributed by atoms with Crippen LogP contribution in [-0.4, -0.2) is 15.8 Å². The number of carbonyl (C=O) groups excluding carboxylic acids is 1. The minimum absolute atomic E-state index is 0.0318. The second kappa shape index (κ2) is 9.04. The van der Waals surface area contributed by atoms with E-state index in [2.05, 4.69) is 5.32 Å². The zero-order chi connectivity index (χ0) is 26.1. The van der Waals surface area contributed by atoms with E-state index in [9.17, 15) is 51.4 Å². The molecule has 182 valence electrons. The van der Waals surface area contributed by atoms with Crippen LogP contribution in [0.4, 0.5) is 43.4 Å². The molecule has 8 nitrogen and oxygen atoms in total. The Bertz CT molecular complexity index is 1320. The molecule has 0 saturated carbocycles. The molecule has 0 aliphatic rings. The molecule has 0 aromatic heterocycles. The Labute approximate surface area is 191 Å². The minimum Gasteiger partial charge on any atom is -0.322 e. The summed E-state index contributed by atoms with van der Waals surface area (Å²) in [5.74, 6) is -1.39. The monoisotopic (exact) mass is 499 g/mol. The lowest BCUT2D eigenvalue weighted by Crippen LogP contribution is -2.21. The third kappa shape index (κ3) is 5.20. The van der Waals surface area contributed by atoms with Gasteiger partial charge in [0.2, 0.25) is 0 Å². The number of amides is 1. The van der Waals surface area contributed by atoms with Crippen LogP contribution in [0.3, 0.4) is 0 Å². The third-order valence-electron chi connectivity index (χ3n) is 4.73. The number of para-hydroxylation sites is 1. The van der Waals surface area contributed by atoms with Crippen molar-refractivity contribution in [1.29, 1.82) is 0 Å². The topological polar surface area (TPSA) is 115 Å². The first-order valence-corrected chi connectivity index (χ1v) is 9.32. The summed E-state index contributed by atoms with van der Waals surface area (Å²) in [6.07, 6.45) is -11.0. The Morgan fingerprint density at radius 3 is 1.94 bits per heavy atom. The van der Waals surface area contributed by atoms with Crippen molar-refractivity contribution >= 4 is 23.0 Å². The van der Waals surface area contributed by atoms with Gasteiger partial charge in [-0.15, -0.1) is 0 Å². The van der Waals surface area contributed by atoms with Crippen molar-refractivity contribution in [2.75, 3.05) is 5.32 Å². The van der Waals surface area contributed by atoms with Crippen LogP contribution in [0.25, 0.3) is 11.1 Å². The second-order valence-corrected chi connectivity index (χ2v) is 6.94. The molecular formula is C21H11F6N3O5. The lowest BCUT2D eigenvalue weighted by molar-refractivity contribution is -0.385. The first kappa shape index (κ1) is 25.1. The van der Waals surface area contributed by atoms with Crippen LogP contribution in [0.5, 0.6) is 0 Å². The maximum atomic E-state index is 14.2. The molecule has 1 N–H and O–H groups in total. The van der Waals surface area contributed by atoms with Gasteiger partial charge >= 0.3 is 12.4 Å². The van der Waals surface area contributed by atoms with Crippen LogP contribution in [0.15, 0.2) is 60.7 Å². The van der Waals surface area contributed by atoms with Crippen molar-refractivity contribution in [1.82, 2.24) is 0 Å². The minimum atomic E-state index is -5.53. The maximum absolute atomic E-state index is 14.2. The summed E-state index contributed by atoms with van der Waals surface area (Å²) in [6.45, 7) is 0. The smallest absolute Gasteiger partial charge is 0.322 e. The van der Waals surface area contributed by atoms with Gasteiger partial charge in [-0.3, -0.25) is 25.0 Å². The van der Waals surface area contributed by atoms with E-state index < -0.39 is 67.3 Å². The molecule has 0 spiro atoms. The third-order valence-corrected chi connectivity index (χ3v) is 4.73. The standard InChI is InChI=1S/C21H11F6N3O5/c22-20(23,24)15-10-12(29(32)33)6-7-13(15)17-16(30(34)35)9-8-14(18(17)21(25,26)27)19(31)28-11-4-2-1-3-5-11/h1-10H,(H,28,31). The van der Waals surface area contributed by atoms with Crippen molar-refractivity contribution in [3.8, 4) is 11.1 Å². The number of anilines is 1. The lowest BCUT2D eigenvalue weighted by Gasteiger charge is -2.20. The summed E-state index contributed by atoms with van der Waals surface area (Å²) >= 11 is 0. The summed E-state index contributed by atoms with van der Waals surface area (Å²) in [6, 6.07) is 8.83. The van der Waals surface area contributed by atoms with Crippen molar-refractivity contribution in [3.63, 3.8) is 0 Å². The van der Waals surface area contributed by atoms with Crippen LogP contribution in [0, 0.1) is 20.2 Å². The van der Waals surface area contributed by atoms with Crippen LogP contribution in [0.2, 0.25) is 0 Å². The Hall–Kier alpha value is -4.49. The fourth-order valence-electron chi connectivity index (χ4n) is 3.32. The number of nitro benzene ring substituents is 2. The fraction of sp³-hybridized carbons (Fsp3) is 0.0952. The molecule has 0 heterocycles. The average Bonchev–Trinajstić information content (AvgIpc) is 2.77. The lowest BCUT2D eigenvalue weighted by atomic mass is 9.89. The summed E-state index contributed by atoms with van der Waals surface area (Å²) < 4.78 is 83.7. The van der Waals surface area contributed by atoms with Gasteiger partial charge in [-0.05, 0) is 24.3 Å². The van der Waals surface area contributed by atoms with E-state index in [1.165, 1.54) is 24.3 Å². The molecule has 0 aliphatic heterocycles. The van der Waals surface area contributed by atoms with Crippen molar-refractivity contribution in [2.24, 2.45) is 0 Å². The molecule has 0 saturated heterocycles. The predicted molar refractivity (Wildman–Crippen MR) is 110 cm³/mol. The first-order chi connectivity index (χ1) is 16.2. The number of carbonyl (C=O) groups is 1. The van der Waals surface area contributed by atoms with Gasteiger partial charge in [0.15, 0.2) is 0 Å². The number of hydrogen-bond acceptors (Lipinski definition) is 5. The van der Waals surface area contributed by atoms with Gasteiger partial charge in [-0.25, -0.2) is 0 Å². The van der Waals surface area contributed by atoms with Crippen LogP contribution in [0.1, 0.15) is 21.5 Å². The maximum Gasteiger partial charge on any atom is 0.418 e. The van der Waals surface area contributed by atoms with Gasteiger partial charge in [0.25, 0.3) is 17.3 Å². The molecule has 0 aliphatic carbocycles. The summed E-state index contributed by atoms with van der Waals surface area (Å²) in [7, 11) is 0. The Kier molecular flexibility index (Phi) is 6.49. The zero-order valence-electron chi connectivity index (χ0n) is 17.0. The SMILES string of the molecule is O=C(Nc1ccccc1)c1ccc([N+](=O)[O-])c(-c2ccc([N+](=O)[O-])cc2C(F)(F)F)c1C(F)(F)F. The van der Waals surface area contributed by atoms with Gasteiger partial charge < -0.3 is 5.32 Å². The number of benzene rings is 3. The van der Waals surface area contributed by atoms with Gasteiger partial charge in [0.05, 0.1) is 32.1 Å². The molecule has 14 heteroatoms. The Morgan fingerprint density at radius 1 is 0.800 bits per heavy atom. The normalized spacial score (nSPS) is 11.7. The number of hydrogen-bond donors (Lipinski definition) is 1. The predicted octanol–water partition coefficient (Wildman–Crippen LogP) is 6.46. The van der Waals surface area contributed by atoms with Gasteiger partial charge in [0, 0.05) is 29.4 Å². The highest BCUT2D eigenvalue weighted by Gasteiger charge is 2.45. The van der Waals surface area contributed by atoms with Gasteiger partial charge in [-0.2, -0.15) is 26.3 Å². The summed E-state index contributed by atoms with van der Waals surface area (Å²) in [4.78, 5) is 32.6. The number of rotatable bonds is 5. The van der Waals surface area contributed by atoms with Crippen molar-refractivity contribution in [3.05, 3.63) is 97.6 Å². The molecule has 0 fully saturated rings. The van der Waals surface area contributed by atoms with Gasteiger partial charge in [0.1, 0.15) is 0 Å². The molecule has 0 atom stereocenters. The number of alkyl halides is 6. The fourth-order valence-corrected chi connectivity index (χ4v) is 3.32. The van der Waals surface area contributed by atoms with E-state index in [4.69, 9.17) is 0 Å². The van der Waals surface area contributed by atoms with Crippen molar-refractivity contribution in [2.45, 2.75) is 12.4 Å². The number of nitrogens with one attached hydrogen (secondary N) is 1. The van der Waals surface area contributed by atoms with E-state index in [-0.39, 0.29) is 11.8 Å². The second-order valence-electron chi connectivity index (χ2n) is 6.94. The Morgan fingerprint density at radius 2 is 1.43 bits per heavy atom. The van der Waals surface area contributed by atoms with Crippen LogP contribution >= 0.6 is 0 Å². The van der Waals surface area contributed by atoms with E-state index in [1.54, 1.807) is 6.07 Å². The van der Waals surface area contributed by atoms with E-state index in [0.717, 1.165) is 0 Å². The number of nitro groups is 2. The zero-order valence-corrected chi connectivity index (χ0v) is 17.0. The summed E-state index contributed by atoms with van der Waals surface area (Å²) in [5, 5.41) is 24.6. The van der Waals surface area contributed by atoms with E-state index in [0.29, 0.717) is 24.3 Å². The number of nitrogens with zero attached hydrogens (tertiary/aromatic N) is 2. The summed E-state index contributed by atoms with van der Waals surface area (Å²) in [5.41, 5.74) is -10.4. The highest BCUT2D eigenvalue weighted by atomic mass is 19.4. The molecule has 0 bridgehead atoms. The molecule has 0 radical (unpaired) electrons. The van der Waals surface area contributed by atoms with E-state index >= 15 is 0 Å². The highest BCUT2D eigenvalue weighted by molar-refractivity contribution is 6.07.